The molecular weight excluding hydrogens is 406 g/mol. The van der Waals surface area contributed by atoms with Crippen LogP contribution in [-0.4, -0.2) is 61.5 Å². The molecule has 1 amide bonds. The fraction of sp³-hybridized carbons (Fsp3) is 0.722. The molecule has 27 heavy (non-hydrogen) atoms. The van der Waals surface area contributed by atoms with E-state index in [2.05, 4.69) is 5.32 Å². The van der Waals surface area contributed by atoms with E-state index >= 15 is 0 Å². The van der Waals surface area contributed by atoms with Crippen molar-refractivity contribution < 1.29 is 13.2 Å². The molecule has 1 aliphatic heterocycles. The fourth-order valence-electron chi connectivity index (χ4n) is 4.13. The molecular formula is C18H30ClN3O3S2. The molecule has 1 unspecified atom stereocenters. The van der Waals surface area contributed by atoms with E-state index in [9.17, 15) is 13.2 Å². The van der Waals surface area contributed by atoms with Crippen LogP contribution in [0.1, 0.15) is 38.7 Å². The SMILES string of the molecule is CCN(CC)S(=O)(=O)CC(=O)N(Cc1ccsc1)C1CC12CCNCC2.Cl. The van der Waals surface area contributed by atoms with Crippen molar-refractivity contribution in [3.05, 3.63) is 22.4 Å². The molecule has 9 heteroatoms. The number of halogens is 1. The number of hydrogen-bond donors (Lipinski definition) is 1. The van der Waals surface area contributed by atoms with Crippen LogP contribution in [0.3, 0.4) is 0 Å². The van der Waals surface area contributed by atoms with Gasteiger partial charge in [-0.2, -0.15) is 11.3 Å². The van der Waals surface area contributed by atoms with Crippen LogP contribution in [-0.2, 0) is 21.4 Å². The summed E-state index contributed by atoms with van der Waals surface area (Å²) >= 11 is 1.60. The zero-order chi connectivity index (χ0) is 18.8. The molecule has 1 spiro atoms. The van der Waals surface area contributed by atoms with Crippen molar-refractivity contribution in [2.45, 2.75) is 45.7 Å². The summed E-state index contributed by atoms with van der Waals surface area (Å²) < 4.78 is 26.6. The largest absolute Gasteiger partial charge is 0.334 e. The molecule has 2 fully saturated rings. The van der Waals surface area contributed by atoms with Crippen molar-refractivity contribution >= 4 is 39.7 Å². The molecule has 0 aromatic carbocycles. The minimum Gasteiger partial charge on any atom is -0.334 e. The lowest BCUT2D eigenvalue weighted by molar-refractivity contribution is -0.130. The maximum Gasteiger partial charge on any atom is 0.239 e. The zero-order valence-electron chi connectivity index (χ0n) is 16.0. The van der Waals surface area contributed by atoms with Crippen LogP contribution in [0.15, 0.2) is 16.8 Å². The third-order valence-corrected chi connectivity index (χ3v) is 8.43. The van der Waals surface area contributed by atoms with Gasteiger partial charge in [-0.1, -0.05) is 13.8 Å². The minimum absolute atomic E-state index is 0. The van der Waals surface area contributed by atoms with Gasteiger partial charge in [-0.3, -0.25) is 4.79 Å². The van der Waals surface area contributed by atoms with Crippen LogP contribution in [0.25, 0.3) is 0 Å². The van der Waals surface area contributed by atoms with Crippen LogP contribution in [0.4, 0.5) is 0 Å². The monoisotopic (exact) mass is 435 g/mol. The van der Waals surface area contributed by atoms with E-state index in [1.807, 2.05) is 21.7 Å². The van der Waals surface area contributed by atoms with Crippen LogP contribution in [0, 0.1) is 5.41 Å². The Kier molecular flexibility index (Phi) is 7.72. The Labute approximate surface area is 172 Å². The molecule has 1 saturated carbocycles. The Bertz CT molecular complexity index is 714. The van der Waals surface area contributed by atoms with Gasteiger partial charge in [0.05, 0.1) is 0 Å². The number of hydrogen-bond acceptors (Lipinski definition) is 5. The molecule has 1 saturated heterocycles. The highest BCUT2D eigenvalue weighted by atomic mass is 35.5. The topological polar surface area (TPSA) is 69.7 Å². The summed E-state index contributed by atoms with van der Waals surface area (Å²) in [4.78, 5) is 14.9. The number of amides is 1. The molecule has 1 N–H and O–H groups in total. The fourth-order valence-corrected chi connectivity index (χ4v) is 6.23. The van der Waals surface area contributed by atoms with Crippen molar-refractivity contribution in [3.8, 4) is 0 Å². The normalized spacial score (nSPS) is 21.1. The Hall–Kier alpha value is -0.670. The Morgan fingerprint density at radius 1 is 1.30 bits per heavy atom. The molecule has 6 nitrogen and oxygen atoms in total. The Morgan fingerprint density at radius 3 is 2.52 bits per heavy atom. The summed E-state index contributed by atoms with van der Waals surface area (Å²) in [7, 11) is -3.56. The predicted molar refractivity (Wildman–Crippen MR) is 112 cm³/mol. The quantitative estimate of drug-likeness (QED) is 0.680. The lowest BCUT2D eigenvalue weighted by atomic mass is 9.93. The van der Waals surface area contributed by atoms with Crippen molar-refractivity contribution in [1.82, 2.24) is 14.5 Å². The van der Waals surface area contributed by atoms with Crippen molar-refractivity contribution in [1.29, 1.82) is 0 Å². The van der Waals surface area contributed by atoms with Gasteiger partial charge in [-0.25, -0.2) is 12.7 Å². The smallest absolute Gasteiger partial charge is 0.239 e. The van der Waals surface area contributed by atoms with Crippen LogP contribution in [0.2, 0.25) is 0 Å². The molecule has 2 aliphatic rings. The molecule has 0 bridgehead atoms. The maximum absolute atomic E-state index is 13.0. The molecule has 1 aliphatic carbocycles. The van der Waals surface area contributed by atoms with E-state index in [4.69, 9.17) is 0 Å². The predicted octanol–water partition coefficient (Wildman–Crippen LogP) is 2.31. The molecule has 2 heterocycles. The number of carbonyl (C=O) groups is 1. The van der Waals surface area contributed by atoms with Crippen LogP contribution in [0.5, 0.6) is 0 Å². The lowest BCUT2D eigenvalue weighted by Gasteiger charge is -2.30. The second-order valence-electron chi connectivity index (χ2n) is 7.33. The first-order valence-corrected chi connectivity index (χ1v) is 12.0. The molecule has 3 rings (SSSR count). The second-order valence-corrected chi connectivity index (χ2v) is 10.1. The maximum atomic E-state index is 13.0. The highest BCUT2D eigenvalue weighted by Gasteiger charge is 2.57. The first kappa shape index (κ1) is 22.6. The standard InChI is InChI=1S/C18H29N3O3S2.ClH/c1-3-20(4-2)26(23,24)14-17(22)21(12-15-5-10-25-13-15)16-11-18(16)6-8-19-9-7-18;/h5,10,13,16,19H,3-4,6-9,11-12,14H2,1-2H3;1H. The van der Waals surface area contributed by atoms with E-state index in [1.54, 1.807) is 25.2 Å². The number of piperidine rings is 1. The summed E-state index contributed by atoms with van der Waals surface area (Å²) in [6, 6.07) is 2.19. The molecule has 0 radical (unpaired) electrons. The highest BCUT2D eigenvalue weighted by Crippen LogP contribution is 2.56. The number of nitrogens with zero attached hydrogens (tertiary/aromatic N) is 2. The van der Waals surface area contributed by atoms with E-state index in [-0.39, 0.29) is 29.8 Å². The number of sulfonamides is 1. The van der Waals surface area contributed by atoms with Gasteiger partial charge in [0, 0.05) is 25.7 Å². The molecule has 1 aromatic heterocycles. The van der Waals surface area contributed by atoms with Crippen LogP contribution < -0.4 is 5.32 Å². The average molecular weight is 436 g/mol. The van der Waals surface area contributed by atoms with E-state index in [0.29, 0.717) is 19.6 Å². The van der Waals surface area contributed by atoms with E-state index in [1.165, 1.54) is 4.31 Å². The van der Waals surface area contributed by atoms with Gasteiger partial charge < -0.3 is 10.2 Å². The van der Waals surface area contributed by atoms with Gasteiger partial charge in [0.2, 0.25) is 15.9 Å². The third kappa shape index (κ3) is 5.03. The van der Waals surface area contributed by atoms with Gasteiger partial charge in [0.15, 0.2) is 0 Å². The van der Waals surface area contributed by atoms with E-state index in [0.717, 1.165) is 37.9 Å². The van der Waals surface area contributed by atoms with Crippen molar-refractivity contribution in [2.75, 3.05) is 31.9 Å². The Morgan fingerprint density at radius 2 is 1.96 bits per heavy atom. The first-order valence-electron chi connectivity index (χ1n) is 9.41. The number of nitrogens with one attached hydrogen (secondary N) is 1. The summed E-state index contributed by atoms with van der Waals surface area (Å²) in [5.74, 6) is -0.688. The number of thiophene rings is 1. The highest BCUT2D eigenvalue weighted by molar-refractivity contribution is 7.89. The van der Waals surface area contributed by atoms with Gasteiger partial charge in [-0.15, -0.1) is 12.4 Å². The van der Waals surface area contributed by atoms with Crippen molar-refractivity contribution in [3.63, 3.8) is 0 Å². The van der Waals surface area contributed by atoms with E-state index < -0.39 is 15.8 Å². The van der Waals surface area contributed by atoms with Gasteiger partial charge >= 0.3 is 0 Å². The van der Waals surface area contributed by atoms with Gasteiger partial charge in [0.25, 0.3) is 0 Å². The summed E-state index contributed by atoms with van der Waals surface area (Å²) in [5.41, 5.74) is 1.27. The zero-order valence-corrected chi connectivity index (χ0v) is 18.5. The molecule has 154 valence electrons. The molecule has 1 atom stereocenters. The number of carbonyl (C=O) groups excluding carboxylic acids is 1. The average Bonchev–Trinajstić information content (AvgIpc) is 3.04. The van der Waals surface area contributed by atoms with Gasteiger partial charge in [0.1, 0.15) is 5.75 Å². The van der Waals surface area contributed by atoms with Crippen LogP contribution >= 0.6 is 23.7 Å². The van der Waals surface area contributed by atoms with Gasteiger partial charge in [-0.05, 0) is 60.2 Å². The lowest BCUT2D eigenvalue weighted by Crippen LogP contribution is -2.44. The summed E-state index contributed by atoms with van der Waals surface area (Å²) in [5, 5.41) is 7.41. The summed E-state index contributed by atoms with van der Waals surface area (Å²) in [6.45, 7) is 6.88. The third-order valence-electron chi connectivity index (χ3n) is 5.78. The van der Waals surface area contributed by atoms with Crippen molar-refractivity contribution in [2.24, 2.45) is 5.41 Å². The second kappa shape index (κ2) is 9.22. The first-order chi connectivity index (χ1) is 12.4. The summed E-state index contributed by atoms with van der Waals surface area (Å²) in [6.07, 6.45) is 3.12. The Balaban J connectivity index is 0.00000261. The number of rotatable bonds is 8. The minimum atomic E-state index is -3.56. The molecule has 1 aromatic rings.